The molecule has 2 saturated carbocycles. The lowest BCUT2D eigenvalue weighted by Crippen LogP contribution is -2.16. The van der Waals surface area contributed by atoms with E-state index in [0.717, 1.165) is 41.0 Å². The third-order valence-corrected chi connectivity index (χ3v) is 7.37. The van der Waals surface area contributed by atoms with E-state index in [9.17, 15) is 4.39 Å². The first-order chi connectivity index (χ1) is 15.2. The minimum Gasteiger partial charge on any atom is -0.256 e. The van der Waals surface area contributed by atoms with Gasteiger partial charge in [0.25, 0.3) is 0 Å². The van der Waals surface area contributed by atoms with Crippen molar-refractivity contribution in [3.05, 3.63) is 54.0 Å². The summed E-state index contributed by atoms with van der Waals surface area (Å²) in [5.41, 5.74) is 3.41. The zero-order valence-electron chi connectivity index (χ0n) is 21.6. The van der Waals surface area contributed by atoms with Gasteiger partial charge in [0.1, 0.15) is 5.82 Å². The molecule has 32 heavy (non-hydrogen) atoms. The maximum Gasteiger partial charge on any atom is 0.123 e. The molecule has 2 fully saturated rings. The number of fused-ring (bicyclic) bond motifs is 1. The predicted molar refractivity (Wildman–Crippen MR) is 138 cm³/mol. The summed E-state index contributed by atoms with van der Waals surface area (Å²) in [4.78, 5) is 4.36. The van der Waals surface area contributed by atoms with Crippen LogP contribution in [0, 0.1) is 41.3 Å². The zero-order valence-corrected chi connectivity index (χ0v) is 21.6. The Kier molecular flexibility index (Phi) is 10.4. The van der Waals surface area contributed by atoms with E-state index in [-0.39, 0.29) is 5.82 Å². The molecule has 0 aliphatic heterocycles. The summed E-state index contributed by atoms with van der Waals surface area (Å²) in [6.07, 6.45) is 9.56. The zero-order chi connectivity index (χ0) is 23.8. The van der Waals surface area contributed by atoms with Crippen molar-refractivity contribution in [2.75, 3.05) is 0 Å². The van der Waals surface area contributed by atoms with E-state index in [0.29, 0.717) is 11.8 Å². The summed E-state index contributed by atoms with van der Waals surface area (Å²) >= 11 is 0. The van der Waals surface area contributed by atoms with Crippen LogP contribution in [0.15, 0.2) is 42.6 Å². The Morgan fingerprint density at radius 1 is 1.06 bits per heavy atom. The Morgan fingerprint density at radius 2 is 1.69 bits per heavy atom. The molecule has 0 bridgehead atoms. The summed E-state index contributed by atoms with van der Waals surface area (Å²) in [5.74, 6) is 4.62. The van der Waals surface area contributed by atoms with Crippen molar-refractivity contribution in [2.24, 2.45) is 35.5 Å². The van der Waals surface area contributed by atoms with E-state index in [2.05, 4.69) is 66.1 Å². The number of allylic oxidation sites excluding steroid dienone is 1. The number of nitrogens with zero attached hydrogens (tertiary/aromatic N) is 1. The van der Waals surface area contributed by atoms with Crippen LogP contribution in [0.25, 0.3) is 10.9 Å². The summed E-state index contributed by atoms with van der Waals surface area (Å²) in [5, 5.41) is 0.969. The van der Waals surface area contributed by atoms with Gasteiger partial charge < -0.3 is 0 Å². The molecule has 1 nitrogen and oxygen atoms in total. The average Bonchev–Trinajstić information content (AvgIpc) is 3.08. The molecular formula is C30H46FN. The van der Waals surface area contributed by atoms with Gasteiger partial charge >= 0.3 is 0 Å². The van der Waals surface area contributed by atoms with Crippen LogP contribution in [-0.2, 0) is 6.42 Å². The third kappa shape index (κ3) is 7.42. The van der Waals surface area contributed by atoms with Gasteiger partial charge in [-0.15, -0.1) is 0 Å². The van der Waals surface area contributed by atoms with Crippen LogP contribution in [0.4, 0.5) is 4.39 Å². The molecule has 2 aromatic rings. The number of halogens is 1. The first-order valence-electron chi connectivity index (χ1n) is 12.8. The topological polar surface area (TPSA) is 12.9 Å². The number of aromatic nitrogens is 1. The van der Waals surface area contributed by atoms with E-state index < -0.39 is 0 Å². The van der Waals surface area contributed by atoms with E-state index in [1.165, 1.54) is 49.3 Å². The second-order valence-electron chi connectivity index (χ2n) is 10.8. The maximum absolute atomic E-state index is 13.6. The first-order valence-corrected chi connectivity index (χ1v) is 12.8. The molecule has 2 aliphatic rings. The smallest absolute Gasteiger partial charge is 0.123 e. The largest absolute Gasteiger partial charge is 0.256 e. The molecule has 1 aromatic heterocycles. The van der Waals surface area contributed by atoms with Crippen LogP contribution in [0.3, 0.4) is 0 Å². The Bertz CT molecular complexity index is 845. The summed E-state index contributed by atoms with van der Waals surface area (Å²) < 4.78 is 13.6. The standard InChI is InChI=1S/C21H26FN.C6H12.C3H8/c1-13(2)15(4)19-11-16(9-14(19)3)10-17-7-8-23-21-6-5-18(22)12-20(17)21;1-5-3-6(2)4-5;1-3-2/h5-8,12,14-16,19H,1,9-11H2,2-4H3;5-6H,3-4H2,1-2H3;3H2,1-2H3. The molecule has 0 N–H and O–H groups in total. The summed E-state index contributed by atoms with van der Waals surface area (Å²) in [6, 6.07) is 6.95. The van der Waals surface area contributed by atoms with Crippen molar-refractivity contribution in [1.82, 2.24) is 4.98 Å². The second-order valence-corrected chi connectivity index (χ2v) is 10.8. The van der Waals surface area contributed by atoms with Crippen LogP contribution < -0.4 is 0 Å². The predicted octanol–water partition coefficient (Wildman–Crippen LogP) is 9.26. The lowest BCUT2D eigenvalue weighted by atomic mass is 9.78. The molecule has 0 radical (unpaired) electrons. The Balaban J connectivity index is 0.000000339. The van der Waals surface area contributed by atoms with Gasteiger partial charge in [0.05, 0.1) is 5.52 Å². The van der Waals surface area contributed by atoms with Gasteiger partial charge in [-0.2, -0.15) is 0 Å². The second kappa shape index (κ2) is 12.5. The molecule has 2 aliphatic carbocycles. The fraction of sp³-hybridized carbons (Fsp3) is 0.633. The Labute approximate surface area is 196 Å². The highest BCUT2D eigenvalue weighted by molar-refractivity contribution is 5.82. The van der Waals surface area contributed by atoms with Crippen molar-refractivity contribution in [1.29, 1.82) is 0 Å². The molecule has 4 rings (SSSR count). The quantitative estimate of drug-likeness (QED) is 0.432. The first kappa shape index (κ1) is 26.6. The van der Waals surface area contributed by atoms with Crippen LogP contribution in [0.5, 0.6) is 0 Å². The van der Waals surface area contributed by atoms with Gasteiger partial charge in [-0.25, -0.2) is 4.39 Å². The summed E-state index contributed by atoms with van der Waals surface area (Å²) in [7, 11) is 0. The van der Waals surface area contributed by atoms with Gasteiger partial charge in [0, 0.05) is 11.6 Å². The maximum atomic E-state index is 13.6. The monoisotopic (exact) mass is 439 g/mol. The van der Waals surface area contributed by atoms with Gasteiger partial charge in [0.15, 0.2) is 0 Å². The Morgan fingerprint density at radius 3 is 2.22 bits per heavy atom. The highest BCUT2D eigenvalue weighted by Crippen LogP contribution is 2.44. The summed E-state index contributed by atoms with van der Waals surface area (Å²) in [6.45, 7) is 19.9. The molecular weight excluding hydrogens is 393 g/mol. The van der Waals surface area contributed by atoms with Crippen LogP contribution in [-0.4, -0.2) is 4.98 Å². The third-order valence-electron chi connectivity index (χ3n) is 7.37. The Hall–Kier alpha value is -1.70. The fourth-order valence-electron chi connectivity index (χ4n) is 5.61. The minimum absolute atomic E-state index is 0.180. The highest BCUT2D eigenvalue weighted by atomic mass is 19.1. The van der Waals surface area contributed by atoms with Crippen molar-refractivity contribution < 1.29 is 4.39 Å². The van der Waals surface area contributed by atoms with E-state index in [1.54, 1.807) is 12.1 Å². The van der Waals surface area contributed by atoms with E-state index in [1.807, 2.05) is 6.20 Å². The number of benzene rings is 1. The molecule has 1 aromatic carbocycles. The lowest BCUT2D eigenvalue weighted by molar-refractivity contribution is 0.233. The van der Waals surface area contributed by atoms with Gasteiger partial charge in [-0.05, 0) is 104 Å². The van der Waals surface area contributed by atoms with Crippen molar-refractivity contribution in [3.63, 3.8) is 0 Å². The molecule has 4 unspecified atom stereocenters. The van der Waals surface area contributed by atoms with Gasteiger partial charge in [-0.3, -0.25) is 4.98 Å². The van der Waals surface area contributed by atoms with Gasteiger partial charge in [-0.1, -0.05) is 60.1 Å². The molecule has 0 spiro atoms. The molecule has 0 amide bonds. The molecule has 178 valence electrons. The highest BCUT2D eigenvalue weighted by Gasteiger charge is 2.34. The lowest BCUT2D eigenvalue weighted by Gasteiger charge is -2.28. The molecule has 0 saturated heterocycles. The molecule has 4 atom stereocenters. The number of hydrogen-bond donors (Lipinski definition) is 0. The van der Waals surface area contributed by atoms with Crippen molar-refractivity contribution in [2.45, 2.75) is 87.0 Å². The van der Waals surface area contributed by atoms with E-state index >= 15 is 0 Å². The minimum atomic E-state index is -0.180. The van der Waals surface area contributed by atoms with Crippen LogP contribution >= 0.6 is 0 Å². The normalized spacial score (nSPS) is 27.4. The van der Waals surface area contributed by atoms with Crippen molar-refractivity contribution >= 4 is 10.9 Å². The van der Waals surface area contributed by atoms with E-state index in [4.69, 9.17) is 0 Å². The number of pyridine rings is 1. The molecule has 1 heterocycles. The van der Waals surface area contributed by atoms with Crippen LogP contribution in [0.1, 0.15) is 86.1 Å². The average molecular weight is 440 g/mol. The van der Waals surface area contributed by atoms with Crippen LogP contribution in [0.2, 0.25) is 0 Å². The SMILES string of the molecule is C=C(C)C(C)C1CC(Cc2ccnc3ccc(F)cc23)CC1C.CC1CC(C)C1.CCC. The molecule has 2 heteroatoms. The number of hydrogen-bond acceptors (Lipinski definition) is 1. The fourth-order valence-corrected chi connectivity index (χ4v) is 5.61. The van der Waals surface area contributed by atoms with Crippen molar-refractivity contribution in [3.8, 4) is 0 Å². The van der Waals surface area contributed by atoms with Gasteiger partial charge in [0.2, 0.25) is 0 Å². The number of rotatable bonds is 4.